The first-order valence-corrected chi connectivity index (χ1v) is 11.0. The Hall–Kier alpha value is -3.95. The number of pyridine rings is 1. The van der Waals surface area contributed by atoms with Crippen molar-refractivity contribution in [3.05, 3.63) is 62.4 Å². The van der Waals surface area contributed by atoms with Gasteiger partial charge in [0.25, 0.3) is 11.5 Å². The molecule has 10 nitrogen and oxygen atoms in total. The molecule has 1 saturated heterocycles. The molecule has 1 aliphatic carbocycles. The van der Waals surface area contributed by atoms with Gasteiger partial charge in [0.05, 0.1) is 28.9 Å². The van der Waals surface area contributed by atoms with E-state index in [-0.39, 0.29) is 29.1 Å². The van der Waals surface area contributed by atoms with Gasteiger partial charge in [0, 0.05) is 18.2 Å². The molecule has 2 amide bonds. The molecule has 2 N–H and O–H groups in total. The molecular formula is C23H23N5O5. The maximum Gasteiger partial charge on any atom is 0.414 e. The highest BCUT2D eigenvalue weighted by atomic mass is 16.6. The van der Waals surface area contributed by atoms with E-state index < -0.39 is 23.2 Å². The number of hydrogen-bond donors (Lipinski definition) is 2. The van der Waals surface area contributed by atoms with Crippen LogP contribution in [0.4, 0.5) is 16.2 Å². The number of aryl methyl sites for hydroxylation is 1. The molecule has 2 aromatic heterocycles. The number of benzene rings is 1. The van der Waals surface area contributed by atoms with E-state index in [1.807, 2.05) is 6.92 Å². The number of nitrogens with zero attached hydrogens (tertiary/aromatic N) is 3. The van der Waals surface area contributed by atoms with Crippen LogP contribution in [0, 0.1) is 0 Å². The van der Waals surface area contributed by atoms with Gasteiger partial charge >= 0.3 is 11.8 Å². The summed E-state index contributed by atoms with van der Waals surface area (Å²) in [6, 6.07) is 8.54. The fraction of sp³-hybridized carbons (Fsp3) is 0.348. The number of rotatable bonds is 6. The predicted octanol–water partition coefficient (Wildman–Crippen LogP) is 2.58. The van der Waals surface area contributed by atoms with Gasteiger partial charge in [-0.1, -0.05) is 19.1 Å². The van der Waals surface area contributed by atoms with Crippen LogP contribution in [0.1, 0.15) is 48.2 Å². The smallest absolute Gasteiger partial charge is 0.414 e. The average Bonchev–Trinajstić information content (AvgIpc) is 3.57. The van der Waals surface area contributed by atoms with Gasteiger partial charge in [0.2, 0.25) is 0 Å². The summed E-state index contributed by atoms with van der Waals surface area (Å²) in [4.78, 5) is 59.1. The van der Waals surface area contributed by atoms with Crippen LogP contribution >= 0.6 is 0 Å². The second-order valence-electron chi connectivity index (χ2n) is 8.22. The van der Waals surface area contributed by atoms with Crippen molar-refractivity contribution in [3.8, 4) is 0 Å². The zero-order chi connectivity index (χ0) is 23.1. The number of nitrogens with one attached hydrogen (secondary N) is 2. The number of aromatic amines is 1. The summed E-state index contributed by atoms with van der Waals surface area (Å²) in [5, 5.41) is 2.91. The van der Waals surface area contributed by atoms with Gasteiger partial charge in [-0.3, -0.25) is 24.0 Å². The van der Waals surface area contributed by atoms with Gasteiger partial charge in [-0.05, 0) is 37.5 Å². The molecule has 2 fully saturated rings. The zero-order valence-electron chi connectivity index (χ0n) is 18.1. The van der Waals surface area contributed by atoms with E-state index in [0.29, 0.717) is 36.6 Å². The number of aromatic nitrogens is 3. The third kappa shape index (κ3) is 3.77. The second kappa shape index (κ2) is 8.19. The van der Waals surface area contributed by atoms with Crippen LogP contribution in [0.25, 0.3) is 11.0 Å². The van der Waals surface area contributed by atoms with Gasteiger partial charge in [0.1, 0.15) is 6.61 Å². The highest BCUT2D eigenvalue weighted by Crippen LogP contribution is 2.40. The third-order valence-corrected chi connectivity index (χ3v) is 5.86. The van der Waals surface area contributed by atoms with E-state index in [9.17, 15) is 19.2 Å². The van der Waals surface area contributed by atoms with Gasteiger partial charge in [0.15, 0.2) is 5.65 Å². The van der Waals surface area contributed by atoms with Crippen molar-refractivity contribution in [1.82, 2.24) is 14.5 Å². The van der Waals surface area contributed by atoms with Crippen molar-refractivity contribution in [2.24, 2.45) is 0 Å². The molecule has 3 aromatic rings. The fourth-order valence-electron chi connectivity index (χ4n) is 4.11. The lowest BCUT2D eigenvalue weighted by molar-refractivity contribution is 0.102. The molecule has 1 saturated carbocycles. The molecular weight excluding hydrogens is 426 g/mol. The SMILES string of the molecule is CCCn1c(=O)[nH]c(=O)c2c(C(=O)Nc3ccccc3N3CCOC3=O)cc(C3CC3)nc21. The van der Waals surface area contributed by atoms with E-state index >= 15 is 0 Å². The van der Waals surface area contributed by atoms with E-state index in [1.165, 1.54) is 9.47 Å². The summed E-state index contributed by atoms with van der Waals surface area (Å²) in [6.45, 7) is 2.93. The number of hydrogen-bond acceptors (Lipinski definition) is 6. The van der Waals surface area contributed by atoms with Gasteiger partial charge in [-0.15, -0.1) is 0 Å². The van der Waals surface area contributed by atoms with Crippen molar-refractivity contribution >= 4 is 34.4 Å². The fourth-order valence-corrected chi connectivity index (χ4v) is 4.11. The summed E-state index contributed by atoms with van der Waals surface area (Å²) >= 11 is 0. The number of carbonyl (C=O) groups is 2. The first-order valence-electron chi connectivity index (χ1n) is 11.0. The predicted molar refractivity (Wildman–Crippen MR) is 122 cm³/mol. The Kier molecular flexibility index (Phi) is 5.20. The molecule has 3 heterocycles. The lowest BCUT2D eigenvalue weighted by atomic mass is 10.1. The molecule has 5 rings (SSSR count). The summed E-state index contributed by atoms with van der Waals surface area (Å²) < 4.78 is 6.43. The van der Waals surface area contributed by atoms with Gasteiger partial charge in [-0.25, -0.2) is 14.6 Å². The van der Waals surface area contributed by atoms with Crippen molar-refractivity contribution in [2.45, 2.75) is 38.6 Å². The Labute approximate surface area is 188 Å². The lowest BCUT2D eigenvalue weighted by Crippen LogP contribution is -2.32. The molecule has 2 aliphatic rings. The number of para-hydroxylation sites is 2. The number of carbonyl (C=O) groups excluding carboxylic acids is 2. The van der Waals surface area contributed by atoms with Crippen LogP contribution in [-0.2, 0) is 11.3 Å². The van der Waals surface area contributed by atoms with Crippen LogP contribution in [0.5, 0.6) is 0 Å². The van der Waals surface area contributed by atoms with Crippen molar-refractivity contribution < 1.29 is 14.3 Å². The first-order chi connectivity index (χ1) is 16.0. The van der Waals surface area contributed by atoms with Crippen LogP contribution < -0.4 is 21.5 Å². The highest BCUT2D eigenvalue weighted by Gasteiger charge is 2.30. The van der Waals surface area contributed by atoms with Crippen LogP contribution in [-0.4, -0.2) is 39.7 Å². The Bertz CT molecular complexity index is 1390. The number of cyclic esters (lactones) is 1. The third-order valence-electron chi connectivity index (χ3n) is 5.86. The van der Waals surface area contributed by atoms with E-state index in [1.54, 1.807) is 30.3 Å². The molecule has 0 atom stereocenters. The quantitative estimate of drug-likeness (QED) is 0.596. The Morgan fingerprint density at radius 3 is 2.73 bits per heavy atom. The van der Waals surface area contributed by atoms with Crippen molar-refractivity contribution in [1.29, 1.82) is 0 Å². The minimum atomic E-state index is -0.654. The second-order valence-corrected chi connectivity index (χ2v) is 8.22. The molecule has 0 unspecified atom stereocenters. The Morgan fingerprint density at radius 2 is 2.03 bits per heavy atom. The summed E-state index contributed by atoms with van der Waals surface area (Å²) in [5.41, 5.74) is 0.781. The zero-order valence-corrected chi connectivity index (χ0v) is 18.1. The Morgan fingerprint density at radius 1 is 1.24 bits per heavy atom. The Balaban J connectivity index is 1.63. The molecule has 1 aliphatic heterocycles. The maximum atomic E-state index is 13.5. The largest absolute Gasteiger partial charge is 0.447 e. The molecule has 33 heavy (non-hydrogen) atoms. The number of fused-ring (bicyclic) bond motifs is 1. The molecule has 0 radical (unpaired) electrons. The number of amides is 2. The average molecular weight is 449 g/mol. The maximum absolute atomic E-state index is 13.5. The van der Waals surface area contributed by atoms with Gasteiger partial charge in [-0.2, -0.15) is 0 Å². The standard InChI is InChI=1S/C23H23N5O5/c1-2-9-28-19-18(21(30)26-22(28)31)14(12-16(24-19)13-7-8-13)20(29)25-15-5-3-4-6-17(15)27-10-11-33-23(27)32/h3-6,12-13H,2,7-11H2,1H3,(H,25,29)(H,26,30,31). The van der Waals surface area contributed by atoms with Crippen LogP contribution in [0.3, 0.4) is 0 Å². The number of anilines is 2. The molecule has 0 spiro atoms. The minimum Gasteiger partial charge on any atom is -0.447 e. The monoisotopic (exact) mass is 449 g/mol. The number of H-pyrrole nitrogens is 1. The van der Waals surface area contributed by atoms with E-state index in [2.05, 4.69) is 15.3 Å². The lowest BCUT2D eigenvalue weighted by Gasteiger charge is -2.18. The molecule has 1 aromatic carbocycles. The topological polar surface area (TPSA) is 126 Å². The number of ether oxygens (including phenoxy) is 1. The van der Waals surface area contributed by atoms with E-state index in [4.69, 9.17) is 4.74 Å². The molecule has 0 bridgehead atoms. The minimum absolute atomic E-state index is 0.0722. The summed E-state index contributed by atoms with van der Waals surface area (Å²) in [6.07, 6.45) is 2.07. The molecule has 10 heteroatoms. The highest BCUT2D eigenvalue weighted by molar-refractivity contribution is 6.13. The van der Waals surface area contributed by atoms with Crippen molar-refractivity contribution in [2.75, 3.05) is 23.4 Å². The van der Waals surface area contributed by atoms with Crippen LogP contribution in [0.2, 0.25) is 0 Å². The first kappa shape index (κ1) is 20.9. The summed E-state index contributed by atoms with van der Waals surface area (Å²) in [7, 11) is 0. The van der Waals surface area contributed by atoms with Crippen molar-refractivity contribution in [3.63, 3.8) is 0 Å². The van der Waals surface area contributed by atoms with Crippen LogP contribution in [0.15, 0.2) is 39.9 Å². The van der Waals surface area contributed by atoms with Gasteiger partial charge < -0.3 is 10.1 Å². The molecule has 170 valence electrons. The van der Waals surface area contributed by atoms with E-state index in [0.717, 1.165) is 12.8 Å². The normalized spacial score (nSPS) is 15.7. The summed E-state index contributed by atoms with van der Waals surface area (Å²) in [5.74, 6) is -0.311.